The number of carbonyl (C=O) groups is 2. The van der Waals surface area contributed by atoms with Crippen molar-refractivity contribution in [3.63, 3.8) is 0 Å². The zero-order valence-corrected chi connectivity index (χ0v) is 20.7. The van der Waals surface area contributed by atoms with Crippen molar-refractivity contribution in [3.05, 3.63) is 136 Å². The van der Waals surface area contributed by atoms with Crippen LogP contribution < -0.4 is 15.4 Å². The molecule has 4 aromatic carbocycles. The predicted molar refractivity (Wildman–Crippen MR) is 141 cm³/mol. The fourth-order valence-corrected chi connectivity index (χ4v) is 3.67. The molecular weight excluding hydrogens is 523 g/mol. The van der Waals surface area contributed by atoms with Gasteiger partial charge in [-0.25, -0.2) is 4.39 Å². The van der Waals surface area contributed by atoms with E-state index in [1.165, 1.54) is 6.07 Å². The zero-order chi connectivity index (χ0) is 25.3. The first kappa shape index (κ1) is 24.9. The van der Waals surface area contributed by atoms with Gasteiger partial charge >= 0.3 is 0 Å². The molecule has 5 nitrogen and oxygen atoms in total. The molecule has 0 unspecified atom stereocenters. The average Bonchev–Trinajstić information content (AvgIpc) is 2.90. The topological polar surface area (TPSA) is 67.4 Å². The van der Waals surface area contributed by atoms with Crippen LogP contribution in [-0.2, 0) is 11.3 Å². The first-order valence-corrected chi connectivity index (χ1v) is 11.9. The molecule has 0 saturated carbocycles. The maximum atomic E-state index is 14.0. The monoisotopic (exact) mass is 544 g/mol. The summed E-state index contributed by atoms with van der Waals surface area (Å²) in [6.45, 7) is -0.0250. The molecule has 0 aliphatic carbocycles. The molecule has 36 heavy (non-hydrogen) atoms. The molecule has 0 fully saturated rings. The summed E-state index contributed by atoms with van der Waals surface area (Å²) >= 11 is 3.45. The Labute approximate surface area is 216 Å². The summed E-state index contributed by atoms with van der Waals surface area (Å²) in [6.07, 6.45) is 1.56. The molecule has 0 aliphatic rings. The Morgan fingerprint density at radius 3 is 2.22 bits per heavy atom. The standard InChI is InChI=1S/C29H22BrFN2O3/c30-24-11-5-7-13-27(24)36-23-16-14-20(15-17-23)18-26(33-28(34)21-8-2-1-3-9-21)29(35)32-19-22-10-4-6-12-25(22)31/h1-18H,19H2,(H,32,35)(H,33,34). The van der Waals surface area contributed by atoms with Crippen molar-refractivity contribution < 1.29 is 18.7 Å². The lowest BCUT2D eigenvalue weighted by Crippen LogP contribution is -2.34. The molecule has 7 heteroatoms. The van der Waals surface area contributed by atoms with E-state index in [0.29, 0.717) is 28.2 Å². The number of nitrogens with one attached hydrogen (secondary N) is 2. The minimum Gasteiger partial charge on any atom is -0.456 e. The summed E-state index contributed by atoms with van der Waals surface area (Å²) in [5.41, 5.74) is 1.44. The third-order valence-corrected chi connectivity index (χ3v) is 5.84. The van der Waals surface area contributed by atoms with E-state index in [1.807, 2.05) is 24.3 Å². The minimum absolute atomic E-state index is 0.0250. The summed E-state index contributed by atoms with van der Waals surface area (Å²) in [7, 11) is 0. The number of hydrogen-bond acceptors (Lipinski definition) is 3. The van der Waals surface area contributed by atoms with Crippen LogP contribution in [0, 0.1) is 5.82 Å². The van der Waals surface area contributed by atoms with E-state index in [0.717, 1.165) is 4.47 Å². The highest BCUT2D eigenvalue weighted by Gasteiger charge is 2.15. The number of benzene rings is 4. The summed E-state index contributed by atoms with van der Waals surface area (Å²) in [4.78, 5) is 25.7. The highest BCUT2D eigenvalue weighted by Crippen LogP contribution is 2.29. The van der Waals surface area contributed by atoms with Crippen molar-refractivity contribution in [1.29, 1.82) is 0 Å². The largest absolute Gasteiger partial charge is 0.456 e. The Balaban J connectivity index is 1.54. The quantitative estimate of drug-likeness (QED) is 0.250. The van der Waals surface area contributed by atoms with E-state index >= 15 is 0 Å². The molecule has 0 bridgehead atoms. The van der Waals surface area contributed by atoms with Crippen LogP contribution in [0.15, 0.2) is 113 Å². The van der Waals surface area contributed by atoms with E-state index in [1.54, 1.807) is 78.9 Å². The fourth-order valence-electron chi connectivity index (χ4n) is 3.31. The SMILES string of the molecule is O=C(NCc1ccccc1F)C(=Cc1ccc(Oc2ccccc2Br)cc1)NC(=O)c1ccccc1. The van der Waals surface area contributed by atoms with Gasteiger partial charge in [0.05, 0.1) is 4.47 Å². The van der Waals surface area contributed by atoms with Gasteiger partial charge < -0.3 is 15.4 Å². The highest BCUT2D eigenvalue weighted by atomic mass is 79.9. The number of carbonyl (C=O) groups excluding carboxylic acids is 2. The third-order valence-electron chi connectivity index (χ3n) is 5.18. The summed E-state index contributed by atoms with van der Waals surface area (Å²) in [5.74, 6) is -0.118. The number of para-hydroxylation sites is 1. The van der Waals surface area contributed by atoms with E-state index in [9.17, 15) is 14.0 Å². The number of hydrogen-bond donors (Lipinski definition) is 2. The van der Waals surface area contributed by atoms with Crippen molar-refractivity contribution in [2.45, 2.75) is 6.54 Å². The molecule has 0 aliphatic heterocycles. The molecular formula is C29H22BrFN2O3. The van der Waals surface area contributed by atoms with Gasteiger partial charge in [-0.05, 0) is 70.0 Å². The second-order valence-corrected chi connectivity index (χ2v) is 8.61. The van der Waals surface area contributed by atoms with Crippen LogP contribution in [-0.4, -0.2) is 11.8 Å². The number of ether oxygens (including phenoxy) is 1. The lowest BCUT2D eigenvalue weighted by atomic mass is 10.1. The Hall–Kier alpha value is -4.23. The van der Waals surface area contributed by atoms with Gasteiger partial charge in [-0.15, -0.1) is 0 Å². The van der Waals surface area contributed by atoms with Gasteiger partial charge in [0.25, 0.3) is 11.8 Å². The first-order chi connectivity index (χ1) is 17.5. The number of halogens is 2. The lowest BCUT2D eigenvalue weighted by Gasteiger charge is -2.12. The first-order valence-electron chi connectivity index (χ1n) is 11.1. The maximum absolute atomic E-state index is 14.0. The number of amides is 2. The molecule has 0 aromatic heterocycles. The van der Waals surface area contributed by atoms with Crippen LogP contribution >= 0.6 is 15.9 Å². The Kier molecular flexibility index (Phi) is 8.26. The van der Waals surface area contributed by atoms with Gasteiger partial charge in [0.2, 0.25) is 0 Å². The molecule has 0 spiro atoms. The van der Waals surface area contributed by atoms with E-state index < -0.39 is 17.6 Å². The third kappa shape index (κ3) is 6.67. The van der Waals surface area contributed by atoms with Crippen LogP contribution in [0.25, 0.3) is 6.08 Å². The fraction of sp³-hybridized carbons (Fsp3) is 0.0345. The molecule has 4 rings (SSSR count). The highest BCUT2D eigenvalue weighted by molar-refractivity contribution is 9.10. The minimum atomic E-state index is -0.545. The molecule has 4 aromatic rings. The van der Waals surface area contributed by atoms with Crippen LogP contribution in [0.3, 0.4) is 0 Å². The van der Waals surface area contributed by atoms with Gasteiger partial charge in [0.1, 0.15) is 23.0 Å². The maximum Gasteiger partial charge on any atom is 0.268 e. The molecule has 180 valence electrons. The van der Waals surface area contributed by atoms with Crippen LogP contribution in [0.1, 0.15) is 21.5 Å². The molecule has 0 saturated heterocycles. The molecule has 0 heterocycles. The second-order valence-electron chi connectivity index (χ2n) is 7.75. The van der Waals surface area contributed by atoms with Crippen molar-refractivity contribution in [2.24, 2.45) is 0 Å². The normalized spacial score (nSPS) is 11.0. The summed E-state index contributed by atoms with van der Waals surface area (Å²) < 4.78 is 20.7. The summed E-state index contributed by atoms with van der Waals surface area (Å²) in [5, 5.41) is 5.35. The number of rotatable bonds is 8. The van der Waals surface area contributed by atoms with Gasteiger partial charge in [-0.1, -0.05) is 60.7 Å². The van der Waals surface area contributed by atoms with Crippen molar-refractivity contribution >= 4 is 33.8 Å². The smallest absolute Gasteiger partial charge is 0.268 e. The van der Waals surface area contributed by atoms with Gasteiger partial charge in [-0.3, -0.25) is 9.59 Å². The average molecular weight is 545 g/mol. The summed E-state index contributed by atoms with van der Waals surface area (Å²) in [6, 6.07) is 29.3. The zero-order valence-electron chi connectivity index (χ0n) is 19.1. The molecule has 0 radical (unpaired) electrons. The van der Waals surface area contributed by atoms with E-state index in [2.05, 4.69) is 26.6 Å². The molecule has 2 N–H and O–H groups in total. The Morgan fingerprint density at radius 1 is 0.833 bits per heavy atom. The van der Waals surface area contributed by atoms with Crippen LogP contribution in [0.5, 0.6) is 11.5 Å². The van der Waals surface area contributed by atoms with Gasteiger partial charge in [0.15, 0.2) is 0 Å². The lowest BCUT2D eigenvalue weighted by molar-refractivity contribution is -0.117. The Morgan fingerprint density at radius 2 is 1.50 bits per heavy atom. The molecule has 2 amide bonds. The van der Waals surface area contributed by atoms with Crippen molar-refractivity contribution in [2.75, 3.05) is 0 Å². The Bertz CT molecular complexity index is 1390. The predicted octanol–water partition coefficient (Wildman–Crippen LogP) is 6.47. The van der Waals surface area contributed by atoms with Crippen molar-refractivity contribution in [3.8, 4) is 11.5 Å². The van der Waals surface area contributed by atoms with Gasteiger partial charge in [-0.2, -0.15) is 0 Å². The van der Waals surface area contributed by atoms with E-state index in [4.69, 9.17) is 4.74 Å². The molecule has 0 atom stereocenters. The van der Waals surface area contributed by atoms with Gasteiger partial charge in [0, 0.05) is 17.7 Å². The van der Waals surface area contributed by atoms with Crippen LogP contribution in [0.2, 0.25) is 0 Å². The van der Waals surface area contributed by atoms with Crippen LogP contribution in [0.4, 0.5) is 4.39 Å². The van der Waals surface area contributed by atoms with Crippen molar-refractivity contribution in [1.82, 2.24) is 10.6 Å². The van der Waals surface area contributed by atoms with E-state index in [-0.39, 0.29) is 12.2 Å². The second kappa shape index (κ2) is 12.0.